The van der Waals surface area contributed by atoms with E-state index < -0.39 is 16.0 Å². The van der Waals surface area contributed by atoms with Crippen molar-refractivity contribution in [2.45, 2.75) is 4.90 Å². The fraction of sp³-hybridized carbons (Fsp3) is 0.350. The Balaban J connectivity index is 1.51. The van der Waals surface area contributed by atoms with Crippen LogP contribution in [0.15, 0.2) is 47.4 Å². The fourth-order valence-corrected chi connectivity index (χ4v) is 4.44. The summed E-state index contributed by atoms with van der Waals surface area (Å²) in [5.74, 6) is 0.250. The van der Waals surface area contributed by atoms with Crippen molar-refractivity contribution in [1.29, 1.82) is 0 Å². The molecule has 1 fully saturated rings. The lowest BCUT2D eigenvalue weighted by atomic mass is 10.2. The van der Waals surface area contributed by atoms with E-state index in [-0.39, 0.29) is 23.7 Å². The number of methoxy groups -OCH3 is 1. The Labute approximate surface area is 180 Å². The predicted molar refractivity (Wildman–Crippen MR) is 110 cm³/mol. The molecule has 0 N–H and O–H groups in total. The van der Waals surface area contributed by atoms with Crippen molar-refractivity contribution in [3.8, 4) is 11.5 Å². The summed E-state index contributed by atoms with van der Waals surface area (Å²) in [6.45, 7) is 1.56. The number of sulfonamides is 1. The minimum absolute atomic E-state index is 0.00231. The molecular weight excluding hydrogens is 434 g/mol. The summed E-state index contributed by atoms with van der Waals surface area (Å²) in [4.78, 5) is 12.4. The van der Waals surface area contributed by atoms with Crippen molar-refractivity contribution < 1.29 is 32.2 Å². The fourth-order valence-electron chi connectivity index (χ4n) is 2.86. The van der Waals surface area contributed by atoms with E-state index in [4.69, 9.17) is 30.5 Å². The van der Waals surface area contributed by atoms with Crippen LogP contribution in [0.25, 0.3) is 0 Å². The third kappa shape index (κ3) is 5.42. The Morgan fingerprint density at radius 1 is 1.10 bits per heavy atom. The molecule has 2 aromatic carbocycles. The summed E-state index contributed by atoms with van der Waals surface area (Å²) < 4.78 is 47.6. The normalized spacial score (nSPS) is 14.9. The van der Waals surface area contributed by atoms with E-state index in [2.05, 4.69) is 0 Å². The van der Waals surface area contributed by atoms with Crippen molar-refractivity contribution in [1.82, 2.24) is 4.31 Å². The van der Waals surface area contributed by atoms with Gasteiger partial charge in [-0.05, 0) is 42.5 Å². The number of esters is 1. The molecule has 0 spiro atoms. The zero-order valence-electron chi connectivity index (χ0n) is 16.4. The maximum atomic E-state index is 12.6. The van der Waals surface area contributed by atoms with E-state index in [1.165, 1.54) is 29.6 Å². The van der Waals surface area contributed by atoms with Gasteiger partial charge in [0, 0.05) is 18.1 Å². The molecule has 2 aromatic rings. The van der Waals surface area contributed by atoms with E-state index in [9.17, 15) is 13.2 Å². The zero-order chi connectivity index (χ0) is 21.6. The molecule has 162 valence electrons. The maximum absolute atomic E-state index is 12.6. The average Bonchev–Trinajstić information content (AvgIpc) is 2.77. The van der Waals surface area contributed by atoms with Gasteiger partial charge in [-0.3, -0.25) is 0 Å². The van der Waals surface area contributed by atoms with Gasteiger partial charge in [0.1, 0.15) is 30.3 Å². The van der Waals surface area contributed by atoms with Crippen LogP contribution in [0.5, 0.6) is 11.5 Å². The number of rotatable bonds is 8. The van der Waals surface area contributed by atoms with Crippen molar-refractivity contribution in [2.75, 3.05) is 46.6 Å². The molecule has 1 heterocycles. The lowest BCUT2D eigenvalue weighted by molar-refractivity contribution is 0.0447. The molecule has 0 atom stereocenters. The summed E-state index contributed by atoms with van der Waals surface area (Å²) in [5, 5.41) is 0.395. The summed E-state index contributed by atoms with van der Waals surface area (Å²) >= 11 is 5.91. The second-order valence-corrected chi connectivity index (χ2v) is 8.69. The van der Waals surface area contributed by atoms with E-state index in [1.54, 1.807) is 24.3 Å². The Morgan fingerprint density at radius 2 is 1.80 bits per heavy atom. The smallest absolute Gasteiger partial charge is 0.342 e. The Hall–Kier alpha value is -2.33. The average molecular weight is 456 g/mol. The maximum Gasteiger partial charge on any atom is 0.342 e. The number of halogens is 1. The lowest BCUT2D eigenvalue weighted by Crippen LogP contribution is -2.40. The molecule has 30 heavy (non-hydrogen) atoms. The van der Waals surface area contributed by atoms with E-state index in [1.807, 2.05) is 0 Å². The molecule has 1 aliphatic heterocycles. The first-order valence-electron chi connectivity index (χ1n) is 9.23. The van der Waals surface area contributed by atoms with Crippen molar-refractivity contribution in [3.05, 3.63) is 53.1 Å². The van der Waals surface area contributed by atoms with Gasteiger partial charge in [-0.25, -0.2) is 13.2 Å². The third-order valence-corrected chi connectivity index (χ3v) is 6.55. The number of carbonyl (C=O) groups is 1. The van der Waals surface area contributed by atoms with Crippen molar-refractivity contribution >= 4 is 27.6 Å². The van der Waals surface area contributed by atoms with E-state index in [0.717, 1.165) is 0 Å². The highest BCUT2D eigenvalue weighted by Crippen LogP contribution is 2.23. The van der Waals surface area contributed by atoms with Gasteiger partial charge in [0.25, 0.3) is 0 Å². The monoisotopic (exact) mass is 455 g/mol. The first-order chi connectivity index (χ1) is 14.4. The van der Waals surface area contributed by atoms with Crippen LogP contribution in [-0.2, 0) is 19.5 Å². The Bertz CT molecular complexity index is 973. The quantitative estimate of drug-likeness (QED) is 0.446. The van der Waals surface area contributed by atoms with E-state index >= 15 is 0 Å². The predicted octanol–water partition coefficient (Wildman–Crippen LogP) is 2.61. The Kier molecular flexibility index (Phi) is 7.54. The SMILES string of the molecule is COc1ccc(Cl)cc1C(=O)OCCOc1ccc(S(=O)(=O)N2CCOCC2)cc1. The summed E-state index contributed by atoms with van der Waals surface area (Å²) in [6, 6.07) is 10.8. The minimum Gasteiger partial charge on any atom is -0.496 e. The highest BCUT2D eigenvalue weighted by molar-refractivity contribution is 7.89. The second kappa shape index (κ2) is 10.1. The third-order valence-electron chi connectivity index (χ3n) is 4.40. The van der Waals surface area contributed by atoms with Gasteiger partial charge in [-0.2, -0.15) is 4.31 Å². The van der Waals surface area contributed by atoms with E-state index in [0.29, 0.717) is 42.8 Å². The number of benzene rings is 2. The number of nitrogens with zero attached hydrogens (tertiary/aromatic N) is 1. The van der Waals surface area contributed by atoms with Gasteiger partial charge in [-0.15, -0.1) is 0 Å². The van der Waals surface area contributed by atoms with Gasteiger partial charge in [0.2, 0.25) is 10.0 Å². The second-order valence-electron chi connectivity index (χ2n) is 6.32. The number of ether oxygens (including phenoxy) is 4. The number of hydrogen-bond acceptors (Lipinski definition) is 7. The van der Waals surface area contributed by atoms with Crippen LogP contribution >= 0.6 is 11.6 Å². The molecular formula is C20H22ClNO7S. The Morgan fingerprint density at radius 3 is 2.47 bits per heavy atom. The zero-order valence-corrected chi connectivity index (χ0v) is 17.9. The summed E-state index contributed by atoms with van der Waals surface area (Å²) in [5.41, 5.74) is 0.225. The standard InChI is InChI=1S/C20H22ClNO7S/c1-26-19-7-2-15(21)14-18(19)20(23)29-13-12-28-16-3-5-17(6-4-16)30(24,25)22-8-10-27-11-9-22/h2-7,14H,8-13H2,1H3. The molecule has 10 heteroatoms. The topological polar surface area (TPSA) is 91.4 Å². The molecule has 0 saturated carbocycles. The largest absolute Gasteiger partial charge is 0.496 e. The minimum atomic E-state index is -3.55. The molecule has 8 nitrogen and oxygen atoms in total. The van der Waals surface area contributed by atoms with Crippen LogP contribution in [0.2, 0.25) is 5.02 Å². The van der Waals surface area contributed by atoms with Crippen molar-refractivity contribution in [2.24, 2.45) is 0 Å². The van der Waals surface area contributed by atoms with Gasteiger partial charge in [-0.1, -0.05) is 11.6 Å². The molecule has 3 rings (SSSR count). The van der Waals surface area contributed by atoms with Crippen LogP contribution in [-0.4, -0.2) is 65.3 Å². The van der Waals surface area contributed by atoms with Crippen LogP contribution in [0.3, 0.4) is 0 Å². The first-order valence-corrected chi connectivity index (χ1v) is 11.0. The van der Waals surface area contributed by atoms with Gasteiger partial charge in [0.15, 0.2) is 0 Å². The van der Waals surface area contributed by atoms with Gasteiger partial charge < -0.3 is 18.9 Å². The lowest BCUT2D eigenvalue weighted by Gasteiger charge is -2.26. The van der Waals surface area contributed by atoms with Crippen LogP contribution in [0.4, 0.5) is 0 Å². The van der Waals surface area contributed by atoms with Crippen molar-refractivity contribution in [3.63, 3.8) is 0 Å². The summed E-state index contributed by atoms with van der Waals surface area (Å²) in [7, 11) is -2.10. The molecule has 0 aliphatic carbocycles. The van der Waals surface area contributed by atoms with Gasteiger partial charge in [0.05, 0.1) is 25.2 Å². The highest BCUT2D eigenvalue weighted by Gasteiger charge is 2.26. The molecule has 0 bridgehead atoms. The summed E-state index contributed by atoms with van der Waals surface area (Å²) in [6.07, 6.45) is 0. The molecule has 0 radical (unpaired) electrons. The highest BCUT2D eigenvalue weighted by atomic mass is 35.5. The molecule has 1 saturated heterocycles. The number of carbonyl (C=O) groups excluding carboxylic acids is 1. The first kappa shape index (κ1) is 22.4. The molecule has 1 aliphatic rings. The molecule has 0 amide bonds. The van der Waals surface area contributed by atoms with Crippen LogP contribution < -0.4 is 9.47 Å². The van der Waals surface area contributed by atoms with Crippen LogP contribution in [0.1, 0.15) is 10.4 Å². The molecule has 0 aromatic heterocycles. The number of morpholine rings is 1. The number of hydrogen-bond donors (Lipinski definition) is 0. The molecule has 0 unspecified atom stereocenters. The van der Waals surface area contributed by atoms with Gasteiger partial charge >= 0.3 is 5.97 Å². The van der Waals surface area contributed by atoms with Crippen LogP contribution in [0, 0.1) is 0 Å².